The molecule has 1 aromatic heterocycles. The van der Waals surface area contributed by atoms with Crippen LogP contribution < -0.4 is 16.8 Å². The molecule has 108 valence electrons. The molecule has 0 aliphatic rings. The highest BCUT2D eigenvalue weighted by Gasteiger charge is 2.19. The summed E-state index contributed by atoms with van der Waals surface area (Å²) in [7, 11) is 0. The molecule has 1 aromatic carbocycles. The van der Waals surface area contributed by atoms with Gasteiger partial charge in [0.05, 0.1) is 0 Å². The van der Waals surface area contributed by atoms with E-state index in [-0.39, 0.29) is 11.8 Å². The zero-order valence-electron chi connectivity index (χ0n) is 11.9. The van der Waals surface area contributed by atoms with Crippen LogP contribution in [0.15, 0.2) is 34.9 Å². The van der Waals surface area contributed by atoms with Crippen molar-refractivity contribution in [3.05, 3.63) is 36.1 Å². The predicted molar refractivity (Wildman–Crippen MR) is 79.6 cm³/mol. The molecule has 0 bridgehead atoms. The summed E-state index contributed by atoms with van der Waals surface area (Å²) in [6.45, 7) is 6.25. The molecule has 6 heteroatoms. The summed E-state index contributed by atoms with van der Waals surface area (Å²) >= 11 is 0. The van der Waals surface area contributed by atoms with Gasteiger partial charge in [0.25, 0.3) is 0 Å². The second-order valence-corrected chi connectivity index (χ2v) is 5.21. The van der Waals surface area contributed by atoms with E-state index in [0.29, 0.717) is 5.82 Å². The molecular weight excluding hydrogens is 256 g/mol. The Bertz CT molecular complexity index is 541. The third kappa shape index (κ3) is 4.64. The number of aromatic nitrogens is 1. The van der Waals surface area contributed by atoms with Crippen molar-refractivity contribution >= 4 is 23.6 Å². The first-order chi connectivity index (χ1) is 9.36. The second-order valence-electron chi connectivity index (χ2n) is 5.21. The molecule has 1 amide bonds. The van der Waals surface area contributed by atoms with Crippen LogP contribution in [0.1, 0.15) is 26.5 Å². The molecule has 0 fully saturated rings. The Labute approximate surface area is 118 Å². The fourth-order valence-corrected chi connectivity index (χ4v) is 1.40. The molecule has 0 aliphatic heterocycles. The van der Waals surface area contributed by atoms with Crippen LogP contribution in [0.25, 0.3) is 0 Å². The van der Waals surface area contributed by atoms with Crippen molar-refractivity contribution in [2.45, 2.75) is 26.2 Å². The van der Waals surface area contributed by atoms with E-state index in [2.05, 4.69) is 37.0 Å². The Balaban J connectivity index is 0.000000612. The summed E-state index contributed by atoms with van der Waals surface area (Å²) in [5.74, 6) is 1.56. The zero-order valence-corrected chi connectivity index (χ0v) is 11.9. The molecule has 0 saturated heterocycles. The Kier molecular flexibility index (Phi) is 5.14. The molecule has 2 rings (SSSR count). The van der Waals surface area contributed by atoms with Crippen molar-refractivity contribution in [1.29, 1.82) is 0 Å². The average molecular weight is 276 g/mol. The van der Waals surface area contributed by atoms with Crippen LogP contribution in [0.2, 0.25) is 0 Å². The van der Waals surface area contributed by atoms with Gasteiger partial charge < -0.3 is 21.3 Å². The van der Waals surface area contributed by atoms with E-state index in [4.69, 9.17) is 15.1 Å². The third-order valence-electron chi connectivity index (χ3n) is 2.43. The first kappa shape index (κ1) is 15.6. The molecule has 2 aromatic rings. The van der Waals surface area contributed by atoms with E-state index in [1.54, 1.807) is 0 Å². The lowest BCUT2D eigenvalue weighted by atomic mass is 9.93. The third-order valence-corrected chi connectivity index (χ3v) is 2.43. The molecule has 0 spiro atoms. The number of carbonyl (C=O) groups is 1. The first-order valence-corrected chi connectivity index (χ1v) is 6.12. The van der Waals surface area contributed by atoms with Crippen molar-refractivity contribution in [1.82, 2.24) is 5.16 Å². The number of amides is 1. The maximum absolute atomic E-state index is 8.58. The SMILES string of the molecule is CC(C)(C)c1cc(Nc2ccc(N)cc2)no1.NC=O. The summed E-state index contributed by atoms with van der Waals surface area (Å²) in [4.78, 5) is 8.58. The van der Waals surface area contributed by atoms with Gasteiger partial charge in [-0.3, -0.25) is 4.79 Å². The lowest BCUT2D eigenvalue weighted by Gasteiger charge is -2.12. The highest BCUT2D eigenvalue weighted by Crippen LogP contribution is 2.26. The summed E-state index contributed by atoms with van der Waals surface area (Å²) < 4.78 is 5.29. The smallest absolute Gasteiger partial charge is 0.204 e. The quantitative estimate of drug-likeness (QED) is 0.576. The number of benzene rings is 1. The largest absolute Gasteiger partial charge is 0.399 e. The molecule has 5 N–H and O–H groups in total. The molecule has 0 aliphatic carbocycles. The Morgan fingerprint density at radius 1 is 1.25 bits per heavy atom. The maximum atomic E-state index is 8.58. The zero-order chi connectivity index (χ0) is 15.2. The maximum Gasteiger partial charge on any atom is 0.204 e. The van der Waals surface area contributed by atoms with E-state index in [0.717, 1.165) is 17.1 Å². The summed E-state index contributed by atoms with van der Waals surface area (Å²) in [6.07, 6.45) is 0.250. The van der Waals surface area contributed by atoms with Crippen LogP contribution in [0.4, 0.5) is 17.2 Å². The minimum Gasteiger partial charge on any atom is -0.399 e. The van der Waals surface area contributed by atoms with Crippen LogP contribution in [-0.2, 0) is 10.2 Å². The monoisotopic (exact) mass is 276 g/mol. The lowest BCUT2D eigenvalue weighted by molar-refractivity contribution is -0.106. The Morgan fingerprint density at radius 3 is 2.25 bits per heavy atom. The van der Waals surface area contributed by atoms with Crippen LogP contribution in [0.3, 0.4) is 0 Å². The van der Waals surface area contributed by atoms with Crippen molar-refractivity contribution in [3.8, 4) is 0 Å². The van der Waals surface area contributed by atoms with Crippen LogP contribution in [0, 0.1) is 0 Å². The minimum absolute atomic E-state index is 0.0337. The number of rotatable bonds is 2. The number of anilines is 3. The van der Waals surface area contributed by atoms with E-state index in [1.807, 2.05) is 30.3 Å². The number of nitrogens with one attached hydrogen (secondary N) is 1. The van der Waals surface area contributed by atoms with Gasteiger partial charge >= 0.3 is 0 Å². The minimum atomic E-state index is -0.0337. The van der Waals surface area contributed by atoms with Gasteiger partial charge in [0.2, 0.25) is 6.41 Å². The van der Waals surface area contributed by atoms with E-state index in [1.165, 1.54) is 0 Å². The summed E-state index contributed by atoms with van der Waals surface area (Å²) in [5.41, 5.74) is 11.4. The molecule has 0 saturated carbocycles. The predicted octanol–water partition coefficient (Wildman–Crippen LogP) is 2.40. The number of nitrogens with two attached hydrogens (primary N) is 2. The van der Waals surface area contributed by atoms with E-state index >= 15 is 0 Å². The molecule has 0 atom stereocenters. The number of primary amides is 1. The Hall–Kier alpha value is -2.50. The van der Waals surface area contributed by atoms with Crippen LogP contribution in [-0.4, -0.2) is 11.6 Å². The number of nitrogens with zero attached hydrogens (tertiary/aromatic N) is 1. The fourth-order valence-electron chi connectivity index (χ4n) is 1.40. The van der Waals surface area contributed by atoms with Gasteiger partial charge in [0.15, 0.2) is 5.82 Å². The number of carbonyl (C=O) groups excluding carboxylic acids is 1. The first-order valence-electron chi connectivity index (χ1n) is 6.12. The standard InChI is InChI=1S/C13H17N3O.CH3NO/c1-13(2,3)11-8-12(16-17-11)15-10-6-4-9(14)5-7-10;2-1-3/h4-8H,14H2,1-3H3,(H,15,16);1H,(H2,2,3). The van der Waals surface area contributed by atoms with E-state index in [9.17, 15) is 0 Å². The highest BCUT2D eigenvalue weighted by molar-refractivity contribution is 5.59. The molecular formula is C14H20N4O2. The van der Waals surface area contributed by atoms with Gasteiger partial charge in [-0.05, 0) is 24.3 Å². The van der Waals surface area contributed by atoms with Gasteiger partial charge in [0, 0.05) is 22.9 Å². The molecule has 0 unspecified atom stereocenters. The van der Waals surface area contributed by atoms with Crippen molar-refractivity contribution in [3.63, 3.8) is 0 Å². The normalized spacial score (nSPS) is 10.3. The number of hydrogen-bond donors (Lipinski definition) is 3. The molecule has 1 heterocycles. The van der Waals surface area contributed by atoms with Crippen molar-refractivity contribution in [2.24, 2.45) is 5.73 Å². The van der Waals surface area contributed by atoms with Gasteiger partial charge in [-0.1, -0.05) is 25.9 Å². The van der Waals surface area contributed by atoms with E-state index < -0.39 is 0 Å². The Morgan fingerprint density at radius 2 is 1.80 bits per heavy atom. The fraction of sp³-hybridized carbons (Fsp3) is 0.286. The summed E-state index contributed by atoms with van der Waals surface area (Å²) in [6, 6.07) is 9.40. The molecule has 6 nitrogen and oxygen atoms in total. The summed E-state index contributed by atoms with van der Waals surface area (Å²) in [5, 5.41) is 7.15. The number of hydrogen-bond acceptors (Lipinski definition) is 5. The van der Waals surface area contributed by atoms with Crippen molar-refractivity contribution < 1.29 is 9.32 Å². The van der Waals surface area contributed by atoms with Crippen molar-refractivity contribution in [2.75, 3.05) is 11.1 Å². The van der Waals surface area contributed by atoms with Gasteiger partial charge in [-0.15, -0.1) is 0 Å². The van der Waals surface area contributed by atoms with Crippen LogP contribution in [0.5, 0.6) is 0 Å². The van der Waals surface area contributed by atoms with Gasteiger partial charge in [0.1, 0.15) is 5.76 Å². The van der Waals surface area contributed by atoms with Crippen LogP contribution >= 0.6 is 0 Å². The molecule has 20 heavy (non-hydrogen) atoms. The second kappa shape index (κ2) is 6.60. The topological polar surface area (TPSA) is 107 Å². The lowest BCUT2D eigenvalue weighted by Crippen LogP contribution is -2.09. The number of nitrogen functional groups attached to an aromatic ring is 1. The van der Waals surface area contributed by atoms with Gasteiger partial charge in [-0.25, -0.2) is 0 Å². The van der Waals surface area contributed by atoms with Gasteiger partial charge in [-0.2, -0.15) is 0 Å². The molecule has 0 radical (unpaired) electrons. The average Bonchev–Trinajstić information content (AvgIpc) is 2.81. The highest BCUT2D eigenvalue weighted by atomic mass is 16.5.